The highest BCUT2D eigenvalue weighted by atomic mass is 16.5. The molecule has 18 heavy (non-hydrogen) atoms. The minimum Gasteiger partial charge on any atom is -0.496 e. The largest absolute Gasteiger partial charge is 0.496 e. The van der Waals surface area contributed by atoms with Gasteiger partial charge in [0, 0.05) is 0 Å². The molecule has 0 atom stereocenters. The molecule has 1 N–H and O–H groups in total. The molecule has 1 amide bonds. The molecule has 1 aromatic rings. The molecule has 1 heterocycles. The molecule has 0 radical (unpaired) electrons. The Hall–Kier alpha value is -1.55. The van der Waals surface area contributed by atoms with Crippen molar-refractivity contribution in [3.05, 3.63) is 29.3 Å². The van der Waals surface area contributed by atoms with Crippen molar-refractivity contribution in [3.8, 4) is 5.75 Å². The van der Waals surface area contributed by atoms with Crippen LogP contribution in [-0.4, -0.2) is 41.7 Å². The van der Waals surface area contributed by atoms with Crippen molar-refractivity contribution in [2.45, 2.75) is 25.9 Å². The number of ether oxygens (including phenoxy) is 1. The van der Waals surface area contributed by atoms with Crippen LogP contribution in [0.25, 0.3) is 0 Å². The quantitative estimate of drug-likeness (QED) is 0.874. The van der Waals surface area contributed by atoms with Gasteiger partial charge in [0.1, 0.15) is 5.75 Å². The van der Waals surface area contributed by atoms with Gasteiger partial charge in [-0.3, -0.25) is 4.79 Å². The van der Waals surface area contributed by atoms with Crippen LogP contribution >= 0.6 is 0 Å². The van der Waals surface area contributed by atoms with E-state index in [1.54, 1.807) is 18.9 Å². The lowest BCUT2D eigenvalue weighted by atomic mass is 9.96. The van der Waals surface area contributed by atoms with Gasteiger partial charge in [0.25, 0.3) is 0 Å². The summed E-state index contributed by atoms with van der Waals surface area (Å²) in [6.45, 7) is 4.56. The Morgan fingerprint density at radius 2 is 2.17 bits per heavy atom. The highest BCUT2D eigenvalue weighted by molar-refractivity contribution is 5.80. The molecule has 4 nitrogen and oxygen atoms in total. The number of rotatable bonds is 3. The summed E-state index contributed by atoms with van der Waals surface area (Å²) in [5.41, 5.74) is 1.29. The normalized spacial score (nSPS) is 17.2. The lowest BCUT2D eigenvalue weighted by Gasteiger charge is -2.44. The molecule has 1 aromatic carbocycles. The Morgan fingerprint density at radius 1 is 1.50 bits per heavy atom. The molecule has 1 saturated heterocycles. The number of benzene rings is 1. The number of nitrogens with zero attached hydrogens (tertiary/aromatic N) is 1. The zero-order valence-corrected chi connectivity index (χ0v) is 11.1. The number of aliphatic hydroxyl groups is 1. The first kappa shape index (κ1) is 12.9. The first-order valence-corrected chi connectivity index (χ1v) is 6.05. The third kappa shape index (κ3) is 2.64. The minimum atomic E-state index is -0.708. The van der Waals surface area contributed by atoms with Crippen LogP contribution in [-0.2, 0) is 11.2 Å². The van der Waals surface area contributed by atoms with Gasteiger partial charge in [-0.1, -0.05) is 12.1 Å². The van der Waals surface area contributed by atoms with Gasteiger partial charge in [0.2, 0.25) is 5.91 Å². The van der Waals surface area contributed by atoms with Gasteiger partial charge in [-0.2, -0.15) is 0 Å². The van der Waals surface area contributed by atoms with Gasteiger partial charge in [0.15, 0.2) is 0 Å². The lowest BCUT2D eigenvalue weighted by Crippen LogP contribution is -2.62. The number of likely N-dealkylation sites (tertiary alicyclic amines) is 1. The average molecular weight is 249 g/mol. The van der Waals surface area contributed by atoms with Crippen molar-refractivity contribution >= 4 is 5.91 Å². The molecule has 4 heteroatoms. The molecule has 98 valence electrons. The molecule has 1 aliphatic heterocycles. The maximum Gasteiger partial charge on any atom is 0.227 e. The maximum absolute atomic E-state index is 11.9. The lowest BCUT2D eigenvalue weighted by molar-refractivity contribution is -0.151. The highest BCUT2D eigenvalue weighted by Gasteiger charge is 2.39. The van der Waals surface area contributed by atoms with Crippen LogP contribution in [0.15, 0.2) is 18.2 Å². The summed E-state index contributed by atoms with van der Waals surface area (Å²) in [5.74, 6) is 0.850. The molecule has 0 unspecified atom stereocenters. The van der Waals surface area contributed by atoms with E-state index in [1.807, 2.05) is 25.1 Å². The second-order valence-corrected chi connectivity index (χ2v) is 5.23. The van der Waals surface area contributed by atoms with E-state index in [1.165, 1.54) is 0 Å². The Kier molecular flexibility index (Phi) is 3.30. The van der Waals surface area contributed by atoms with E-state index in [2.05, 4.69) is 0 Å². The van der Waals surface area contributed by atoms with Gasteiger partial charge in [-0.05, 0) is 31.0 Å². The van der Waals surface area contributed by atoms with Gasteiger partial charge in [0.05, 0.1) is 32.2 Å². The van der Waals surface area contributed by atoms with E-state index in [0.717, 1.165) is 16.9 Å². The van der Waals surface area contributed by atoms with Crippen molar-refractivity contribution in [1.82, 2.24) is 4.90 Å². The fourth-order valence-corrected chi connectivity index (χ4v) is 2.21. The van der Waals surface area contributed by atoms with Crippen LogP contribution in [0, 0.1) is 6.92 Å². The average Bonchev–Trinajstić information content (AvgIpc) is 2.28. The number of aryl methyl sites for hydroxylation is 1. The molecule has 0 bridgehead atoms. The second-order valence-electron chi connectivity index (χ2n) is 5.23. The van der Waals surface area contributed by atoms with Gasteiger partial charge < -0.3 is 14.7 Å². The Morgan fingerprint density at radius 3 is 2.72 bits per heavy atom. The van der Waals surface area contributed by atoms with Crippen LogP contribution in [0.2, 0.25) is 0 Å². The number of carbonyl (C=O) groups is 1. The molecule has 1 fully saturated rings. The summed E-state index contributed by atoms with van der Waals surface area (Å²) < 4.78 is 5.24. The first-order chi connectivity index (χ1) is 8.41. The molecular formula is C14H19NO3. The van der Waals surface area contributed by atoms with Crippen LogP contribution in [0.4, 0.5) is 0 Å². The molecule has 0 saturated carbocycles. The zero-order valence-electron chi connectivity index (χ0n) is 11.1. The third-order valence-electron chi connectivity index (χ3n) is 3.24. The van der Waals surface area contributed by atoms with E-state index >= 15 is 0 Å². The van der Waals surface area contributed by atoms with Crippen molar-refractivity contribution in [1.29, 1.82) is 0 Å². The van der Waals surface area contributed by atoms with E-state index in [-0.39, 0.29) is 5.91 Å². The number of amides is 1. The topological polar surface area (TPSA) is 49.8 Å². The summed E-state index contributed by atoms with van der Waals surface area (Å²) >= 11 is 0. The molecule has 1 aliphatic rings. The Labute approximate surface area is 107 Å². The predicted molar refractivity (Wildman–Crippen MR) is 68.6 cm³/mol. The number of β-amino-alcohol motifs (C(OH)–C–C–N with tert-alkyl or cyclic N) is 1. The number of hydrogen-bond donors (Lipinski definition) is 1. The van der Waals surface area contributed by atoms with Crippen LogP contribution in [0.1, 0.15) is 18.1 Å². The Bertz CT molecular complexity index is 460. The van der Waals surface area contributed by atoms with Crippen molar-refractivity contribution in [3.63, 3.8) is 0 Å². The van der Waals surface area contributed by atoms with E-state index in [9.17, 15) is 9.90 Å². The number of methoxy groups -OCH3 is 1. The van der Waals surface area contributed by atoms with Crippen LogP contribution in [0.5, 0.6) is 5.75 Å². The highest BCUT2D eigenvalue weighted by Crippen LogP contribution is 2.23. The summed E-state index contributed by atoms with van der Waals surface area (Å²) in [6.07, 6.45) is 0.354. The SMILES string of the molecule is COc1cc(CC(=O)N2CC(C)(O)C2)ccc1C. The molecule has 0 aromatic heterocycles. The van der Waals surface area contributed by atoms with Gasteiger partial charge in [-0.15, -0.1) is 0 Å². The van der Waals surface area contributed by atoms with Crippen LogP contribution in [0.3, 0.4) is 0 Å². The van der Waals surface area contributed by atoms with E-state index < -0.39 is 5.60 Å². The van der Waals surface area contributed by atoms with Gasteiger partial charge >= 0.3 is 0 Å². The molecule has 0 spiro atoms. The van der Waals surface area contributed by atoms with Gasteiger partial charge in [-0.25, -0.2) is 0 Å². The summed E-state index contributed by atoms with van der Waals surface area (Å²) in [4.78, 5) is 13.6. The molecular weight excluding hydrogens is 230 g/mol. The monoisotopic (exact) mass is 249 g/mol. The molecule has 0 aliphatic carbocycles. The summed E-state index contributed by atoms with van der Waals surface area (Å²) in [5, 5.41) is 9.60. The fourth-order valence-electron chi connectivity index (χ4n) is 2.21. The first-order valence-electron chi connectivity index (χ1n) is 6.05. The van der Waals surface area contributed by atoms with Crippen molar-refractivity contribution < 1.29 is 14.6 Å². The summed E-state index contributed by atoms with van der Waals surface area (Å²) in [7, 11) is 1.63. The third-order valence-corrected chi connectivity index (χ3v) is 3.24. The Balaban J connectivity index is 2.00. The minimum absolute atomic E-state index is 0.0485. The van der Waals surface area contributed by atoms with Crippen molar-refractivity contribution in [2.24, 2.45) is 0 Å². The van der Waals surface area contributed by atoms with E-state index in [4.69, 9.17) is 4.74 Å². The summed E-state index contributed by atoms with van der Waals surface area (Å²) in [6, 6.07) is 5.78. The smallest absolute Gasteiger partial charge is 0.227 e. The standard InChI is InChI=1S/C14H19NO3/c1-10-4-5-11(6-12(10)18-3)7-13(16)15-8-14(2,17)9-15/h4-6,17H,7-9H2,1-3H3. The maximum atomic E-state index is 11.9. The van der Waals surface area contributed by atoms with Crippen LogP contribution < -0.4 is 4.74 Å². The molecule has 2 rings (SSSR count). The number of carbonyl (C=O) groups excluding carboxylic acids is 1. The van der Waals surface area contributed by atoms with Crippen molar-refractivity contribution in [2.75, 3.05) is 20.2 Å². The zero-order chi connectivity index (χ0) is 13.3. The second kappa shape index (κ2) is 4.61. The number of hydrogen-bond acceptors (Lipinski definition) is 3. The fraction of sp³-hybridized carbons (Fsp3) is 0.500. The predicted octanol–water partition coefficient (Wildman–Crippen LogP) is 1.14. The van der Waals surface area contributed by atoms with E-state index in [0.29, 0.717) is 19.5 Å².